The van der Waals surface area contributed by atoms with Crippen molar-refractivity contribution >= 4 is 40.3 Å². The van der Waals surface area contributed by atoms with Gasteiger partial charge in [-0.1, -0.05) is 35.9 Å². The molecule has 2 amide bonds. The molecule has 0 aromatic heterocycles. The van der Waals surface area contributed by atoms with Gasteiger partial charge in [-0.05, 0) is 43.0 Å². The van der Waals surface area contributed by atoms with Crippen molar-refractivity contribution in [3.8, 4) is 0 Å². The molecule has 0 aliphatic carbocycles. The van der Waals surface area contributed by atoms with Crippen molar-refractivity contribution in [3.05, 3.63) is 60.2 Å². The zero-order chi connectivity index (χ0) is 18.0. The van der Waals surface area contributed by atoms with Crippen LogP contribution in [0.15, 0.2) is 54.6 Å². The molecule has 2 aromatic carbocycles. The fourth-order valence-corrected chi connectivity index (χ4v) is 3.61. The van der Waals surface area contributed by atoms with Crippen LogP contribution in [0.25, 0.3) is 0 Å². The van der Waals surface area contributed by atoms with Gasteiger partial charge in [0.15, 0.2) is 5.37 Å². The normalized spacial score (nSPS) is 17.0. The highest BCUT2D eigenvalue weighted by atomic mass is 32.2. The van der Waals surface area contributed by atoms with Gasteiger partial charge in [0.25, 0.3) is 11.1 Å². The number of hydrogen-bond donors (Lipinski definition) is 0. The molecule has 6 nitrogen and oxygen atoms in total. The number of benzene rings is 2. The fourth-order valence-electron chi connectivity index (χ4n) is 2.59. The van der Waals surface area contributed by atoms with Gasteiger partial charge in [-0.2, -0.15) is 0 Å². The maximum absolute atomic E-state index is 12.8. The van der Waals surface area contributed by atoms with Crippen molar-refractivity contribution in [2.24, 2.45) is 0 Å². The summed E-state index contributed by atoms with van der Waals surface area (Å²) in [5.41, 5.74) is 2.01. The number of rotatable bonds is 5. The predicted octanol–water partition coefficient (Wildman–Crippen LogP) is 1.78. The quantitative estimate of drug-likeness (QED) is 0.813. The molecule has 0 saturated carbocycles. The highest BCUT2D eigenvalue weighted by Gasteiger charge is 2.44. The lowest BCUT2D eigenvalue weighted by atomic mass is 10.2. The Hall–Kier alpha value is -2.80. The summed E-state index contributed by atoms with van der Waals surface area (Å²) in [4.78, 5) is 38.8. The van der Waals surface area contributed by atoms with E-state index in [1.165, 1.54) is 4.90 Å². The highest BCUT2D eigenvalue weighted by Crippen LogP contribution is 2.35. The van der Waals surface area contributed by atoms with Crippen LogP contribution in [0.1, 0.15) is 5.56 Å². The van der Waals surface area contributed by atoms with E-state index in [0.717, 1.165) is 22.2 Å². The van der Waals surface area contributed by atoms with E-state index in [2.05, 4.69) is 0 Å². The van der Waals surface area contributed by atoms with Crippen molar-refractivity contribution < 1.29 is 19.5 Å². The van der Waals surface area contributed by atoms with E-state index < -0.39 is 29.0 Å². The Bertz CT molecular complexity index is 808. The number of hydrogen-bond acceptors (Lipinski definition) is 6. The Morgan fingerprint density at radius 2 is 1.76 bits per heavy atom. The molecule has 1 heterocycles. The number of para-hydroxylation sites is 1. The van der Waals surface area contributed by atoms with E-state index in [0.29, 0.717) is 11.4 Å². The van der Waals surface area contributed by atoms with Crippen LogP contribution in [0.3, 0.4) is 0 Å². The van der Waals surface area contributed by atoms with Gasteiger partial charge in [0.1, 0.15) is 0 Å². The summed E-state index contributed by atoms with van der Waals surface area (Å²) in [6.07, 6.45) is 0. The first kappa shape index (κ1) is 17.0. The lowest BCUT2D eigenvalue weighted by Gasteiger charge is -2.29. The van der Waals surface area contributed by atoms with Crippen LogP contribution in [0, 0.1) is 6.92 Å². The van der Waals surface area contributed by atoms with E-state index in [-0.39, 0.29) is 0 Å². The summed E-state index contributed by atoms with van der Waals surface area (Å²) in [6, 6.07) is 15.6. The van der Waals surface area contributed by atoms with Crippen LogP contribution in [0.5, 0.6) is 0 Å². The molecule has 0 radical (unpaired) electrons. The van der Waals surface area contributed by atoms with E-state index in [4.69, 9.17) is 0 Å². The minimum Gasteiger partial charge on any atom is -0.548 e. The monoisotopic (exact) mass is 355 g/mol. The molecule has 1 aliphatic heterocycles. The molecule has 1 fully saturated rings. The Kier molecular flexibility index (Phi) is 4.76. The third-order valence-corrected chi connectivity index (χ3v) is 4.85. The summed E-state index contributed by atoms with van der Waals surface area (Å²) in [7, 11) is 0. The maximum Gasteiger partial charge on any atom is 0.295 e. The summed E-state index contributed by atoms with van der Waals surface area (Å²) < 4.78 is 0. The van der Waals surface area contributed by atoms with E-state index >= 15 is 0 Å². The Morgan fingerprint density at radius 3 is 2.36 bits per heavy atom. The van der Waals surface area contributed by atoms with Crippen LogP contribution in [0.2, 0.25) is 0 Å². The summed E-state index contributed by atoms with van der Waals surface area (Å²) >= 11 is 0.798. The van der Waals surface area contributed by atoms with Gasteiger partial charge in [-0.3, -0.25) is 9.59 Å². The molecule has 3 rings (SSSR count). The Morgan fingerprint density at radius 1 is 1.12 bits per heavy atom. The molecule has 1 atom stereocenters. The largest absolute Gasteiger partial charge is 0.548 e. The first-order valence-corrected chi connectivity index (χ1v) is 8.48. The molecular formula is C18H15N2O4S-. The van der Waals surface area contributed by atoms with Crippen LogP contribution < -0.4 is 14.9 Å². The number of carboxylic acids is 1. The smallest absolute Gasteiger partial charge is 0.295 e. The third-order valence-electron chi connectivity index (χ3n) is 3.79. The van der Waals surface area contributed by atoms with E-state index in [1.807, 2.05) is 19.1 Å². The lowest BCUT2D eigenvalue weighted by Crippen LogP contribution is -2.47. The predicted molar refractivity (Wildman–Crippen MR) is 94.2 cm³/mol. The first-order chi connectivity index (χ1) is 12.0. The number of amides is 2. The first-order valence-electron chi connectivity index (χ1n) is 7.60. The summed E-state index contributed by atoms with van der Waals surface area (Å²) in [5, 5.41) is 9.79. The number of carbonyl (C=O) groups is 3. The third kappa shape index (κ3) is 3.51. The summed E-state index contributed by atoms with van der Waals surface area (Å²) in [5.74, 6) is -1.79. The number of imide groups is 1. The zero-order valence-corrected chi connectivity index (χ0v) is 14.2. The second kappa shape index (κ2) is 6.98. The zero-order valence-electron chi connectivity index (χ0n) is 13.4. The average Bonchev–Trinajstić information content (AvgIpc) is 2.88. The SMILES string of the molecule is Cc1ccc(N(CC(=O)[O-])[C@H]2SC(=O)N(c3ccccc3)C2=O)cc1. The number of aliphatic carboxylic acids is 1. The Balaban J connectivity index is 1.94. The van der Waals surface area contributed by atoms with Crippen LogP contribution in [0.4, 0.5) is 16.2 Å². The molecule has 0 spiro atoms. The number of aryl methyl sites for hydroxylation is 1. The van der Waals surface area contributed by atoms with Gasteiger partial charge in [0.2, 0.25) is 0 Å². The molecule has 2 aromatic rings. The molecule has 0 bridgehead atoms. The lowest BCUT2D eigenvalue weighted by molar-refractivity contribution is -0.303. The second-order valence-electron chi connectivity index (χ2n) is 5.58. The molecule has 7 heteroatoms. The molecule has 0 N–H and O–H groups in total. The molecule has 25 heavy (non-hydrogen) atoms. The fraction of sp³-hybridized carbons (Fsp3) is 0.167. The molecule has 128 valence electrons. The van der Waals surface area contributed by atoms with Crippen LogP contribution in [-0.4, -0.2) is 29.0 Å². The van der Waals surface area contributed by atoms with Gasteiger partial charge in [-0.15, -0.1) is 0 Å². The molecular weight excluding hydrogens is 340 g/mol. The van der Waals surface area contributed by atoms with Gasteiger partial charge in [0.05, 0.1) is 18.2 Å². The van der Waals surface area contributed by atoms with Crippen molar-refractivity contribution in [3.63, 3.8) is 0 Å². The number of anilines is 2. The summed E-state index contributed by atoms with van der Waals surface area (Å²) in [6.45, 7) is 1.42. The van der Waals surface area contributed by atoms with Crippen molar-refractivity contribution in [2.75, 3.05) is 16.3 Å². The number of carbonyl (C=O) groups excluding carboxylic acids is 3. The van der Waals surface area contributed by atoms with Crippen molar-refractivity contribution in [1.29, 1.82) is 0 Å². The van der Waals surface area contributed by atoms with Crippen molar-refractivity contribution in [1.82, 2.24) is 0 Å². The Labute approximate surface area is 149 Å². The van der Waals surface area contributed by atoms with Gasteiger partial charge in [0, 0.05) is 5.69 Å². The molecule has 1 aliphatic rings. The molecule has 1 saturated heterocycles. The second-order valence-corrected chi connectivity index (χ2v) is 6.61. The highest BCUT2D eigenvalue weighted by molar-refractivity contribution is 8.16. The van der Waals surface area contributed by atoms with E-state index in [9.17, 15) is 19.5 Å². The van der Waals surface area contributed by atoms with Gasteiger partial charge < -0.3 is 14.8 Å². The minimum atomic E-state index is -1.32. The number of carboxylic acid groups (broad SMARTS) is 1. The standard InChI is InChI=1S/C18H16N2O4S/c1-12-7-9-13(10-8-12)19(11-15(21)22)17-16(23)20(18(24)25-17)14-5-3-2-4-6-14/h2-10,17H,11H2,1H3,(H,21,22)/p-1/t17-/m0/s1. The molecule has 0 unspecified atom stereocenters. The van der Waals surface area contributed by atoms with Gasteiger partial charge in [-0.25, -0.2) is 4.90 Å². The maximum atomic E-state index is 12.8. The van der Waals surface area contributed by atoms with Gasteiger partial charge >= 0.3 is 0 Å². The number of nitrogens with zero attached hydrogens (tertiary/aromatic N) is 2. The topological polar surface area (TPSA) is 80.8 Å². The van der Waals surface area contributed by atoms with Crippen LogP contribution >= 0.6 is 11.8 Å². The van der Waals surface area contributed by atoms with E-state index in [1.54, 1.807) is 42.5 Å². The minimum absolute atomic E-state index is 0.434. The van der Waals surface area contributed by atoms with Crippen molar-refractivity contribution in [2.45, 2.75) is 12.3 Å². The number of thioether (sulfide) groups is 1. The average molecular weight is 355 g/mol. The van der Waals surface area contributed by atoms with Crippen LogP contribution in [-0.2, 0) is 9.59 Å².